The third-order valence-corrected chi connectivity index (χ3v) is 4.33. The topological polar surface area (TPSA) is 88.1 Å². The van der Waals surface area contributed by atoms with Crippen LogP contribution >= 0.6 is 0 Å². The van der Waals surface area contributed by atoms with Gasteiger partial charge in [0.1, 0.15) is 12.1 Å². The summed E-state index contributed by atoms with van der Waals surface area (Å²) in [6.45, 7) is 3.78. The predicted molar refractivity (Wildman–Crippen MR) is 95.0 cm³/mol. The molecule has 8 nitrogen and oxygen atoms in total. The molecule has 3 heterocycles. The number of nitrogens with one attached hydrogen (secondary N) is 2. The largest absolute Gasteiger partial charge is 0.458 e. The van der Waals surface area contributed by atoms with Gasteiger partial charge in [-0.2, -0.15) is 9.97 Å². The van der Waals surface area contributed by atoms with Crippen LogP contribution in [0.2, 0.25) is 0 Å². The molecule has 0 aliphatic carbocycles. The summed E-state index contributed by atoms with van der Waals surface area (Å²) in [6.07, 6.45) is 0. The molecule has 3 aromatic rings. The summed E-state index contributed by atoms with van der Waals surface area (Å²) in [5.74, 6) is 0.715. The van der Waals surface area contributed by atoms with E-state index >= 15 is 0 Å². The molecule has 0 atom stereocenters. The molecule has 2 N–H and O–H groups in total. The summed E-state index contributed by atoms with van der Waals surface area (Å²) >= 11 is 0. The molecule has 1 aliphatic rings. The average molecular weight is 340 g/mol. The van der Waals surface area contributed by atoms with Crippen LogP contribution in [0.15, 0.2) is 35.1 Å². The minimum atomic E-state index is -0.208. The molecule has 0 amide bonds. The van der Waals surface area contributed by atoms with Crippen LogP contribution in [0.5, 0.6) is 6.01 Å². The van der Waals surface area contributed by atoms with Crippen molar-refractivity contribution in [1.29, 1.82) is 0 Å². The molecule has 130 valence electrons. The van der Waals surface area contributed by atoms with Crippen LogP contribution in [0.3, 0.4) is 0 Å². The van der Waals surface area contributed by atoms with Gasteiger partial charge in [-0.3, -0.25) is 4.57 Å². The Morgan fingerprint density at radius 2 is 1.92 bits per heavy atom. The Bertz CT molecular complexity index is 927. The van der Waals surface area contributed by atoms with Gasteiger partial charge in [0.05, 0.1) is 0 Å². The molecule has 0 saturated carbocycles. The van der Waals surface area contributed by atoms with Crippen molar-refractivity contribution in [2.45, 2.75) is 6.61 Å². The predicted octanol–water partition coefficient (Wildman–Crippen LogP) is 0.645. The lowest BCUT2D eigenvalue weighted by molar-refractivity contribution is 0.281. The Labute approximate surface area is 144 Å². The number of fused-ring (bicyclic) bond motifs is 1. The lowest BCUT2D eigenvalue weighted by atomic mass is 10.2. The van der Waals surface area contributed by atoms with Gasteiger partial charge < -0.3 is 19.9 Å². The first-order valence-corrected chi connectivity index (χ1v) is 8.31. The second-order valence-corrected chi connectivity index (χ2v) is 6.03. The van der Waals surface area contributed by atoms with Crippen LogP contribution in [0.1, 0.15) is 5.56 Å². The van der Waals surface area contributed by atoms with Gasteiger partial charge in [0.15, 0.2) is 11.5 Å². The second-order valence-electron chi connectivity index (χ2n) is 6.03. The monoisotopic (exact) mass is 340 g/mol. The number of aromatic amines is 1. The van der Waals surface area contributed by atoms with Crippen molar-refractivity contribution in [1.82, 2.24) is 24.8 Å². The maximum absolute atomic E-state index is 12.0. The second kappa shape index (κ2) is 6.56. The van der Waals surface area contributed by atoms with Crippen molar-refractivity contribution < 1.29 is 4.74 Å². The maximum atomic E-state index is 12.0. The van der Waals surface area contributed by atoms with Gasteiger partial charge in [-0.1, -0.05) is 30.3 Å². The summed E-state index contributed by atoms with van der Waals surface area (Å²) in [6, 6.07) is 10.1. The highest BCUT2D eigenvalue weighted by molar-refractivity contribution is 5.84. The first-order valence-electron chi connectivity index (χ1n) is 8.31. The van der Waals surface area contributed by atoms with Crippen LogP contribution in [0.4, 0.5) is 5.82 Å². The van der Waals surface area contributed by atoms with Crippen molar-refractivity contribution >= 4 is 17.0 Å². The highest BCUT2D eigenvalue weighted by Gasteiger charge is 2.20. The zero-order chi connectivity index (χ0) is 17.2. The van der Waals surface area contributed by atoms with E-state index in [1.54, 1.807) is 7.05 Å². The fourth-order valence-electron chi connectivity index (χ4n) is 2.95. The first-order chi connectivity index (χ1) is 12.2. The molecule has 4 rings (SSSR count). The summed E-state index contributed by atoms with van der Waals surface area (Å²) in [4.78, 5) is 26.0. The first kappa shape index (κ1) is 15.6. The minimum absolute atomic E-state index is 0.208. The average Bonchev–Trinajstić information content (AvgIpc) is 2.95. The summed E-state index contributed by atoms with van der Waals surface area (Å²) < 4.78 is 7.29. The minimum Gasteiger partial charge on any atom is -0.458 e. The molecule has 0 spiro atoms. The van der Waals surface area contributed by atoms with Gasteiger partial charge in [0.25, 0.3) is 0 Å². The van der Waals surface area contributed by atoms with Crippen molar-refractivity contribution in [3.63, 3.8) is 0 Å². The Morgan fingerprint density at radius 1 is 1.16 bits per heavy atom. The summed E-state index contributed by atoms with van der Waals surface area (Å²) in [5, 5.41) is 3.32. The van der Waals surface area contributed by atoms with Gasteiger partial charge in [-0.15, -0.1) is 0 Å². The van der Waals surface area contributed by atoms with Gasteiger partial charge in [0.2, 0.25) is 0 Å². The van der Waals surface area contributed by atoms with Crippen LogP contribution < -0.4 is 20.6 Å². The molecule has 1 saturated heterocycles. The van der Waals surface area contributed by atoms with Gasteiger partial charge in [-0.05, 0) is 5.56 Å². The Balaban J connectivity index is 1.71. The molecule has 1 fully saturated rings. The molecule has 8 heteroatoms. The van der Waals surface area contributed by atoms with Gasteiger partial charge >= 0.3 is 11.7 Å². The van der Waals surface area contributed by atoms with E-state index in [4.69, 9.17) is 4.74 Å². The van der Waals surface area contributed by atoms with Gasteiger partial charge in [-0.25, -0.2) is 4.79 Å². The van der Waals surface area contributed by atoms with E-state index in [-0.39, 0.29) is 11.7 Å². The summed E-state index contributed by atoms with van der Waals surface area (Å²) in [7, 11) is 1.69. The standard InChI is InChI=1S/C17H20N6O2/c1-22-14-13(19-17(22)24)15(23-9-7-18-8-10-23)21-16(20-14)25-11-12-5-3-2-4-6-12/h2-6,18H,7-11H2,1H3,(H,19,24). The van der Waals surface area contributed by atoms with E-state index in [1.807, 2.05) is 30.3 Å². The van der Waals surface area contributed by atoms with Gasteiger partial charge in [0, 0.05) is 33.2 Å². The number of aromatic nitrogens is 4. The number of anilines is 1. The van der Waals surface area contributed by atoms with Crippen LogP contribution in [0.25, 0.3) is 11.2 Å². The van der Waals surface area contributed by atoms with Crippen molar-refractivity contribution in [3.05, 3.63) is 46.4 Å². The molecule has 1 aromatic carbocycles. The van der Waals surface area contributed by atoms with Crippen LogP contribution in [-0.4, -0.2) is 45.7 Å². The summed E-state index contributed by atoms with van der Waals surface area (Å²) in [5.41, 5.74) is 2.04. The lowest BCUT2D eigenvalue weighted by Crippen LogP contribution is -2.44. The highest BCUT2D eigenvalue weighted by atomic mass is 16.5. The van der Waals surface area contributed by atoms with Crippen molar-refractivity contribution in [3.8, 4) is 6.01 Å². The molecule has 25 heavy (non-hydrogen) atoms. The SMILES string of the molecule is Cn1c(=O)[nH]c2c(N3CCNCC3)nc(OCc3ccccc3)nc21. The quantitative estimate of drug-likeness (QED) is 0.725. The molecule has 0 radical (unpaired) electrons. The molecular weight excluding hydrogens is 320 g/mol. The Kier molecular flexibility index (Phi) is 4.10. The molecular formula is C17H20N6O2. The molecule has 2 aromatic heterocycles. The third-order valence-electron chi connectivity index (χ3n) is 4.33. The number of imidazole rings is 1. The fourth-order valence-corrected chi connectivity index (χ4v) is 2.95. The maximum Gasteiger partial charge on any atom is 0.327 e. The molecule has 0 unspecified atom stereocenters. The van der Waals surface area contributed by atoms with E-state index in [2.05, 4.69) is 25.2 Å². The highest BCUT2D eigenvalue weighted by Crippen LogP contribution is 2.24. The zero-order valence-electron chi connectivity index (χ0n) is 14.0. The number of nitrogens with zero attached hydrogens (tertiary/aromatic N) is 4. The number of aryl methyl sites for hydroxylation is 1. The smallest absolute Gasteiger partial charge is 0.327 e. The fraction of sp³-hybridized carbons (Fsp3) is 0.353. The Morgan fingerprint density at radius 3 is 2.68 bits per heavy atom. The number of H-pyrrole nitrogens is 1. The van der Waals surface area contributed by atoms with E-state index in [0.717, 1.165) is 31.7 Å². The number of ether oxygens (including phenoxy) is 1. The van der Waals surface area contributed by atoms with E-state index in [0.29, 0.717) is 23.6 Å². The van der Waals surface area contributed by atoms with Crippen LogP contribution in [-0.2, 0) is 13.7 Å². The molecule has 0 bridgehead atoms. The lowest BCUT2D eigenvalue weighted by Gasteiger charge is -2.28. The van der Waals surface area contributed by atoms with Crippen molar-refractivity contribution in [2.24, 2.45) is 7.05 Å². The van der Waals surface area contributed by atoms with E-state index < -0.39 is 0 Å². The van der Waals surface area contributed by atoms with E-state index in [1.165, 1.54) is 4.57 Å². The number of piperazine rings is 1. The Hall–Kier alpha value is -2.87. The number of hydrogen-bond acceptors (Lipinski definition) is 6. The number of rotatable bonds is 4. The number of hydrogen-bond donors (Lipinski definition) is 2. The van der Waals surface area contributed by atoms with E-state index in [9.17, 15) is 4.79 Å². The van der Waals surface area contributed by atoms with Crippen LogP contribution in [0, 0.1) is 0 Å². The normalized spacial score (nSPS) is 14.8. The third kappa shape index (κ3) is 3.08. The molecule has 1 aliphatic heterocycles. The van der Waals surface area contributed by atoms with Crippen molar-refractivity contribution in [2.75, 3.05) is 31.1 Å². The number of benzene rings is 1. The zero-order valence-corrected chi connectivity index (χ0v) is 14.0.